The van der Waals surface area contributed by atoms with Crippen LogP contribution in [-0.2, 0) is 16.7 Å². The molecule has 0 fully saturated rings. The summed E-state index contributed by atoms with van der Waals surface area (Å²) in [5.41, 5.74) is 0.949. The lowest BCUT2D eigenvalue weighted by Crippen LogP contribution is -2.00. The predicted molar refractivity (Wildman–Crippen MR) is 73.5 cm³/mol. The van der Waals surface area contributed by atoms with Gasteiger partial charge in [-0.1, -0.05) is 12.1 Å². The average Bonchev–Trinajstić information content (AvgIpc) is 2.40. The van der Waals surface area contributed by atoms with Crippen molar-refractivity contribution in [3.8, 4) is 5.75 Å². The van der Waals surface area contributed by atoms with Gasteiger partial charge in [0, 0.05) is 18.0 Å². The summed E-state index contributed by atoms with van der Waals surface area (Å²) in [5, 5.41) is 9.78. The van der Waals surface area contributed by atoms with Gasteiger partial charge < -0.3 is 5.11 Å². The van der Waals surface area contributed by atoms with Crippen LogP contribution in [-0.4, -0.2) is 29.3 Å². The van der Waals surface area contributed by atoms with Gasteiger partial charge in [0.25, 0.3) is 10.1 Å². The number of para-hydroxylation sites is 1. The van der Waals surface area contributed by atoms with E-state index in [-0.39, 0.29) is 5.56 Å². The molecule has 0 aliphatic rings. The summed E-state index contributed by atoms with van der Waals surface area (Å²) >= 11 is 0. The number of phenols is 1. The molecule has 0 radical (unpaired) electrons. The van der Waals surface area contributed by atoms with Gasteiger partial charge in [0.1, 0.15) is 10.6 Å². The summed E-state index contributed by atoms with van der Waals surface area (Å²) in [5.74, 6) is -0.528. The monoisotopic (exact) mass is 292 g/mol. The van der Waals surface area contributed by atoms with Crippen LogP contribution in [0.15, 0.2) is 52.5 Å². The highest BCUT2D eigenvalue weighted by molar-refractivity contribution is 7.86. The molecule has 20 heavy (non-hydrogen) atoms. The first kappa shape index (κ1) is 14.2. The maximum atomic E-state index is 11.0. The van der Waals surface area contributed by atoms with Crippen molar-refractivity contribution >= 4 is 16.3 Å². The van der Waals surface area contributed by atoms with E-state index >= 15 is 0 Å². The normalized spacial score (nSPS) is 11.8. The summed E-state index contributed by atoms with van der Waals surface area (Å²) < 4.78 is 31.0. The van der Waals surface area contributed by atoms with Crippen LogP contribution in [0.2, 0.25) is 0 Å². The van der Waals surface area contributed by atoms with Crippen molar-refractivity contribution < 1.29 is 18.1 Å². The van der Waals surface area contributed by atoms with Crippen molar-refractivity contribution in [1.29, 1.82) is 0 Å². The number of hydrogen-bond acceptors (Lipinski definition) is 5. The Labute approximate surface area is 116 Å². The van der Waals surface area contributed by atoms with Gasteiger partial charge >= 0.3 is 0 Å². The smallest absolute Gasteiger partial charge is 0.298 e. The molecule has 0 amide bonds. The van der Waals surface area contributed by atoms with Crippen molar-refractivity contribution in [2.24, 2.45) is 4.99 Å². The van der Waals surface area contributed by atoms with Crippen molar-refractivity contribution in [1.82, 2.24) is 4.98 Å². The molecule has 0 aliphatic carbocycles. The number of aliphatic imine (C=N–C) groups is 1. The van der Waals surface area contributed by atoms with Gasteiger partial charge in [-0.05, 0) is 24.3 Å². The zero-order chi connectivity index (χ0) is 14.6. The van der Waals surface area contributed by atoms with Crippen LogP contribution in [0.25, 0.3) is 0 Å². The van der Waals surface area contributed by atoms with Gasteiger partial charge in [-0.2, -0.15) is 8.42 Å². The SMILES string of the molecule is O=S(=O)(O)c1cccc(C=NCc2ccccn2)c1O. The van der Waals surface area contributed by atoms with Crippen LogP contribution < -0.4 is 0 Å². The number of pyridine rings is 1. The second kappa shape index (κ2) is 5.81. The van der Waals surface area contributed by atoms with Gasteiger partial charge in [-0.3, -0.25) is 14.5 Å². The third kappa shape index (κ3) is 3.40. The van der Waals surface area contributed by atoms with Crippen LogP contribution in [0, 0.1) is 0 Å². The minimum Gasteiger partial charge on any atom is -0.506 e. The minimum atomic E-state index is -4.46. The Morgan fingerprint density at radius 2 is 2.00 bits per heavy atom. The molecule has 104 valence electrons. The van der Waals surface area contributed by atoms with E-state index in [0.717, 1.165) is 11.8 Å². The number of nitrogens with zero attached hydrogens (tertiary/aromatic N) is 2. The Morgan fingerprint density at radius 1 is 1.20 bits per heavy atom. The zero-order valence-corrected chi connectivity index (χ0v) is 11.2. The first-order chi connectivity index (χ1) is 9.48. The molecule has 2 aromatic rings. The molecule has 1 aromatic heterocycles. The highest BCUT2D eigenvalue weighted by Crippen LogP contribution is 2.25. The topological polar surface area (TPSA) is 99.9 Å². The fraction of sp³-hybridized carbons (Fsp3) is 0.0769. The molecule has 6 nitrogen and oxygen atoms in total. The van der Waals surface area contributed by atoms with E-state index in [1.165, 1.54) is 18.3 Å². The number of benzene rings is 1. The first-order valence-corrected chi connectivity index (χ1v) is 7.11. The van der Waals surface area contributed by atoms with Crippen molar-refractivity contribution in [2.75, 3.05) is 0 Å². The number of aromatic nitrogens is 1. The molecule has 0 saturated carbocycles. The molecule has 1 heterocycles. The second-order valence-corrected chi connectivity index (χ2v) is 5.35. The molecule has 0 atom stereocenters. The van der Waals surface area contributed by atoms with Crippen LogP contribution in [0.1, 0.15) is 11.3 Å². The maximum absolute atomic E-state index is 11.0. The Morgan fingerprint density at radius 3 is 2.65 bits per heavy atom. The van der Waals surface area contributed by atoms with Gasteiger partial charge in [0.05, 0.1) is 12.2 Å². The van der Waals surface area contributed by atoms with E-state index in [0.29, 0.717) is 6.54 Å². The summed E-state index contributed by atoms with van der Waals surface area (Å²) in [4.78, 5) is 7.61. The van der Waals surface area contributed by atoms with Gasteiger partial charge in [0.2, 0.25) is 0 Å². The van der Waals surface area contributed by atoms with E-state index in [1.807, 2.05) is 6.07 Å². The molecule has 2 rings (SSSR count). The Kier molecular flexibility index (Phi) is 4.11. The fourth-order valence-corrected chi connectivity index (χ4v) is 2.19. The van der Waals surface area contributed by atoms with Crippen molar-refractivity contribution in [3.05, 3.63) is 53.9 Å². The fourth-order valence-electron chi connectivity index (χ4n) is 1.58. The highest BCUT2D eigenvalue weighted by atomic mass is 32.2. The van der Waals surface area contributed by atoms with Crippen molar-refractivity contribution in [3.63, 3.8) is 0 Å². The molecule has 7 heteroatoms. The quantitative estimate of drug-likeness (QED) is 0.659. The molecule has 0 unspecified atom stereocenters. The van der Waals surface area contributed by atoms with Crippen LogP contribution in [0.3, 0.4) is 0 Å². The van der Waals surface area contributed by atoms with Gasteiger partial charge in [-0.25, -0.2) is 0 Å². The summed E-state index contributed by atoms with van der Waals surface area (Å²) in [6.07, 6.45) is 2.97. The predicted octanol–water partition coefficient (Wildman–Crippen LogP) is 1.65. The third-order valence-electron chi connectivity index (χ3n) is 2.52. The van der Waals surface area contributed by atoms with E-state index < -0.39 is 20.8 Å². The molecule has 0 aliphatic heterocycles. The molecular weight excluding hydrogens is 280 g/mol. The van der Waals surface area contributed by atoms with E-state index in [4.69, 9.17) is 4.55 Å². The number of aromatic hydroxyl groups is 1. The first-order valence-electron chi connectivity index (χ1n) is 5.67. The molecular formula is C13H12N2O4S. The maximum Gasteiger partial charge on any atom is 0.298 e. The van der Waals surface area contributed by atoms with Gasteiger partial charge in [0.15, 0.2) is 0 Å². The Bertz CT molecular complexity index is 727. The number of hydrogen-bond donors (Lipinski definition) is 2. The largest absolute Gasteiger partial charge is 0.506 e. The highest BCUT2D eigenvalue weighted by Gasteiger charge is 2.16. The van der Waals surface area contributed by atoms with E-state index in [2.05, 4.69) is 9.98 Å². The van der Waals surface area contributed by atoms with Crippen LogP contribution in [0.4, 0.5) is 0 Å². The molecule has 0 bridgehead atoms. The van der Waals surface area contributed by atoms with E-state index in [9.17, 15) is 13.5 Å². The average molecular weight is 292 g/mol. The Hall–Kier alpha value is -2.25. The lowest BCUT2D eigenvalue weighted by atomic mass is 10.2. The lowest BCUT2D eigenvalue weighted by Gasteiger charge is -2.03. The molecule has 0 spiro atoms. The standard InChI is InChI=1S/C13H12N2O4S/c16-13-10(4-3-6-12(13)20(17,18)19)8-14-9-11-5-1-2-7-15-11/h1-8,16H,9H2,(H,17,18,19). The summed E-state index contributed by atoms with van der Waals surface area (Å²) in [6, 6.07) is 9.42. The van der Waals surface area contributed by atoms with Gasteiger partial charge in [-0.15, -0.1) is 0 Å². The zero-order valence-electron chi connectivity index (χ0n) is 10.3. The van der Waals surface area contributed by atoms with Crippen molar-refractivity contribution in [2.45, 2.75) is 11.4 Å². The summed E-state index contributed by atoms with van der Waals surface area (Å²) in [7, 11) is -4.46. The van der Waals surface area contributed by atoms with E-state index in [1.54, 1.807) is 18.3 Å². The molecule has 0 saturated heterocycles. The molecule has 2 N–H and O–H groups in total. The number of phenolic OH excluding ortho intramolecular Hbond substituents is 1. The Balaban J connectivity index is 2.22. The summed E-state index contributed by atoms with van der Waals surface area (Å²) in [6.45, 7) is 0.302. The lowest BCUT2D eigenvalue weighted by molar-refractivity contribution is 0.442. The second-order valence-electron chi connectivity index (χ2n) is 3.96. The molecule has 1 aromatic carbocycles. The minimum absolute atomic E-state index is 0.205. The third-order valence-corrected chi connectivity index (χ3v) is 3.40. The number of rotatable bonds is 4. The van der Waals surface area contributed by atoms with Crippen LogP contribution >= 0.6 is 0 Å². The van der Waals surface area contributed by atoms with Crippen LogP contribution in [0.5, 0.6) is 5.75 Å².